The van der Waals surface area contributed by atoms with Crippen LogP contribution in [-0.2, 0) is 14.8 Å². The van der Waals surface area contributed by atoms with Crippen LogP contribution in [0.15, 0.2) is 47.4 Å². The molecule has 2 atom stereocenters. The number of nitrogens with zero attached hydrogens (tertiary/aromatic N) is 3. The van der Waals surface area contributed by atoms with Crippen molar-refractivity contribution in [1.82, 2.24) is 9.19 Å². The molecule has 0 amide bonds. The maximum atomic E-state index is 13.1. The van der Waals surface area contributed by atoms with Gasteiger partial charge in [0, 0.05) is 17.2 Å². The lowest BCUT2D eigenvalue weighted by Crippen LogP contribution is -2.14. The summed E-state index contributed by atoms with van der Waals surface area (Å²) < 4.78 is 27.2. The third-order valence-electron chi connectivity index (χ3n) is 4.72. The Morgan fingerprint density at radius 2 is 1.96 bits per heavy atom. The van der Waals surface area contributed by atoms with E-state index < -0.39 is 10.0 Å². The monoisotopic (exact) mass is 365 g/mol. The first kappa shape index (κ1) is 16.5. The molecule has 130 valence electrons. The number of hydrogen-bond acceptors (Lipinski definition) is 5. The minimum atomic E-state index is -3.88. The summed E-state index contributed by atoms with van der Waals surface area (Å²) in [6.07, 6.45) is 1.52. The molecule has 2 aromatic carbocycles. The zero-order chi connectivity index (χ0) is 18.5. The zero-order valence-electron chi connectivity index (χ0n) is 14.0. The molecule has 1 aliphatic carbocycles. The van der Waals surface area contributed by atoms with Crippen LogP contribution in [0.3, 0.4) is 0 Å². The summed E-state index contributed by atoms with van der Waals surface area (Å²) in [5, 5.41) is 14.1. The van der Waals surface area contributed by atoms with Crippen molar-refractivity contribution >= 4 is 27.2 Å². The molecule has 1 fully saturated rings. The molecule has 6 nitrogen and oxygen atoms in total. The Morgan fingerprint density at radius 3 is 2.58 bits per heavy atom. The minimum absolute atomic E-state index is 0.0987. The van der Waals surface area contributed by atoms with Gasteiger partial charge < -0.3 is 4.79 Å². The van der Waals surface area contributed by atoms with E-state index in [4.69, 9.17) is 5.26 Å². The number of benzene rings is 2. The molecular weight excluding hydrogens is 350 g/mol. The van der Waals surface area contributed by atoms with Crippen molar-refractivity contribution < 1.29 is 13.2 Å². The highest BCUT2D eigenvalue weighted by molar-refractivity contribution is 7.90. The second-order valence-electron chi connectivity index (χ2n) is 6.53. The first-order valence-electron chi connectivity index (χ1n) is 8.16. The molecule has 0 N–H and O–H groups in total. The van der Waals surface area contributed by atoms with Gasteiger partial charge in [-0.3, -0.25) is 0 Å². The summed E-state index contributed by atoms with van der Waals surface area (Å²) in [6, 6.07) is 13.4. The van der Waals surface area contributed by atoms with Crippen LogP contribution in [0.1, 0.15) is 29.2 Å². The van der Waals surface area contributed by atoms with E-state index in [0.29, 0.717) is 28.6 Å². The molecule has 0 radical (unpaired) electrons. The first-order chi connectivity index (χ1) is 12.5. The number of aryl methyl sites for hydroxylation is 1. The second-order valence-corrected chi connectivity index (χ2v) is 8.30. The van der Waals surface area contributed by atoms with Crippen LogP contribution in [0.2, 0.25) is 0 Å². The van der Waals surface area contributed by atoms with Gasteiger partial charge in [-0.25, -0.2) is 0 Å². The van der Waals surface area contributed by atoms with E-state index in [-0.39, 0.29) is 16.7 Å². The van der Waals surface area contributed by atoms with Crippen LogP contribution >= 0.6 is 0 Å². The Labute approximate surface area is 150 Å². The van der Waals surface area contributed by atoms with E-state index in [9.17, 15) is 13.2 Å². The van der Waals surface area contributed by atoms with Crippen LogP contribution in [-0.4, -0.2) is 23.9 Å². The van der Waals surface area contributed by atoms with Gasteiger partial charge in [-0.1, -0.05) is 17.7 Å². The van der Waals surface area contributed by atoms with Gasteiger partial charge in [-0.05, 0) is 43.7 Å². The largest absolute Gasteiger partial charge is 0.303 e. The number of aromatic nitrogens is 2. The molecule has 0 aliphatic heterocycles. The van der Waals surface area contributed by atoms with E-state index in [1.807, 2.05) is 6.92 Å². The average molecular weight is 365 g/mol. The predicted octanol–water partition coefficient (Wildman–Crippen LogP) is 2.76. The molecule has 1 aliphatic rings. The molecule has 1 aromatic heterocycles. The molecule has 4 rings (SSSR count). The first-order valence-corrected chi connectivity index (χ1v) is 9.60. The van der Waals surface area contributed by atoms with E-state index in [1.54, 1.807) is 42.5 Å². The Morgan fingerprint density at radius 1 is 1.23 bits per heavy atom. The van der Waals surface area contributed by atoms with E-state index >= 15 is 0 Å². The van der Waals surface area contributed by atoms with Gasteiger partial charge in [0.2, 0.25) is 0 Å². The lowest BCUT2D eigenvalue weighted by Gasteiger charge is -2.06. The maximum absolute atomic E-state index is 13.1. The van der Waals surface area contributed by atoms with Gasteiger partial charge in [-0.2, -0.15) is 22.9 Å². The summed E-state index contributed by atoms with van der Waals surface area (Å²) in [7, 11) is -3.88. The van der Waals surface area contributed by atoms with Gasteiger partial charge >= 0.3 is 0 Å². The second kappa shape index (κ2) is 5.78. The summed E-state index contributed by atoms with van der Waals surface area (Å²) in [4.78, 5) is 11.2. The summed E-state index contributed by atoms with van der Waals surface area (Å²) in [6.45, 7) is 1.88. The summed E-state index contributed by atoms with van der Waals surface area (Å²) in [5.74, 6) is -0.243. The third kappa shape index (κ3) is 2.50. The van der Waals surface area contributed by atoms with Crippen molar-refractivity contribution in [1.29, 1.82) is 5.26 Å². The van der Waals surface area contributed by atoms with Gasteiger partial charge in [0.05, 0.1) is 27.7 Å². The number of fused-ring (bicyclic) bond motifs is 1. The smallest absolute Gasteiger partial charge is 0.283 e. The number of carbonyl (C=O) groups is 1. The fourth-order valence-corrected chi connectivity index (χ4v) is 4.42. The van der Waals surface area contributed by atoms with Crippen LogP contribution in [0.5, 0.6) is 0 Å². The number of rotatable bonds is 4. The molecule has 0 spiro atoms. The highest BCUT2D eigenvalue weighted by atomic mass is 32.2. The van der Waals surface area contributed by atoms with E-state index in [2.05, 4.69) is 11.2 Å². The van der Waals surface area contributed by atoms with Crippen molar-refractivity contribution in [2.45, 2.75) is 24.2 Å². The predicted molar refractivity (Wildman–Crippen MR) is 95.1 cm³/mol. The number of nitriles is 1. The molecule has 3 aromatic rings. The number of carbonyl (C=O) groups excluding carboxylic acids is 1. The molecule has 0 bridgehead atoms. The van der Waals surface area contributed by atoms with Crippen LogP contribution in [0.25, 0.3) is 10.9 Å². The minimum Gasteiger partial charge on any atom is -0.303 e. The molecular formula is C19H15N3O3S. The standard InChI is InChI=1S/C19H15N3O3S/c1-12-2-5-15(6-3-12)26(24,25)22-18-7-4-13(10-20)8-17(18)19(21-22)16-9-14(16)11-23/h2-8,11,14,16H,9H2,1H3. The molecule has 1 saturated carbocycles. The Bertz CT molecular complexity index is 1170. The molecule has 7 heteroatoms. The van der Waals surface area contributed by atoms with Crippen molar-refractivity contribution in [3.8, 4) is 6.07 Å². The molecule has 2 unspecified atom stereocenters. The summed E-state index contributed by atoms with van der Waals surface area (Å²) in [5.41, 5.74) is 2.36. The third-order valence-corrected chi connectivity index (χ3v) is 6.32. The number of aldehydes is 1. The highest BCUT2D eigenvalue weighted by Crippen LogP contribution is 2.48. The summed E-state index contributed by atoms with van der Waals surface area (Å²) >= 11 is 0. The Hall–Kier alpha value is -2.98. The molecule has 0 saturated heterocycles. The number of hydrogen-bond donors (Lipinski definition) is 0. The van der Waals surface area contributed by atoms with Crippen LogP contribution in [0, 0.1) is 24.2 Å². The van der Waals surface area contributed by atoms with Crippen molar-refractivity contribution in [2.75, 3.05) is 0 Å². The lowest BCUT2D eigenvalue weighted by molar-refractivity contribution is -0.108. The van der Waals surface area contributed by atoms with Gasteiger partial charge in [0.25, 0.3) is 10.0 Å². The highest BCUT2D eigenvalue weighted by Gasteiger charge is 2.42. The Balaban J connectivity index is 1.94. The Kier molecular flexibility index (Phi) is 3.67. The molecule has 26 heavy (non-hydrogen) atoms. The van der Waals surface area contributed by atoms with Crippen molar-refractivity contribution in [2.24, 2.45) is 5.92 Å². The van der Waals surface area contributed by atoms with Gasteiger partial charge in [0.1, 0.15) is 6.29 Å². The fraction of sp³-hybridized carbons (Fsp3) is 0.211. The van der Waals surface area contributed by atoms with Gasteiger partial charge in [-0.15, -0.1) is 0 Å². The quantitative estimate of drug-likeness (QED) is 0.663. The van der Waals surface area contributed by atoms with Crippen LogP contribution in [0.4, 0.5) is 0 Å². The maximum Gasteiger partial charge on any atom is 0.283 e. The molecule has 1 heterocycles. The SMILES string of the molecule is Cc1ccc(S(=O)(=O)n2nc(C3CC3C=O)c3cc(C#N)ccc32)cc1. The van der Waals surface area contributed by atoms with Crippen molar-refractivity contribution in [3.05, 3.63) is 59.3 Å². The van der Waals surface area contributed by atoms with Gasteiger partial charge in [0.15, 0.2) is 0 Å². The van der Waals surface area contributed by atoms with Crippen LogP contribution < -0.4 is 0 Å². The van der Waals surface area contributed by atoms with E-state index in [1.165, 1.54) is 0 Å². The average Bonchev–Trinajstić information content (AvgIpc) is 3.33. The topological polar surface area (TPSA) is 92.8 Å². The fourth-order valence-electron chi connectivity index (χ4n) is 3.13. The normalized spacial score (nSPS) is 19.2. The van der Waals surface area contributed by atoms with E-state index in [0.717, 1.165) is 15.9 Å². The zero-order valence-corrected chi connectivity index (χ0v) is 14.8. The lowest BCUT2D eigenvalue weighted by atomic mass is 10.1. The van der Waals surface area contributed by atoms with Crippen molar-refractivity contribution in [3.63, 3.8) is 0 Å².